The number of carboxylic acids is 1. The van der Waals surface area contributed by atoms with Gasteiger partial charge in [-0.1, -0.05) is 50.2 Å². The molecular weight excluding hydrogens is 467 g/mol. The molecule has 0 saturated carbocycles. The van der Waals surface area contributed by atoms with E-state index < -0.39 is 39.6 Å². The van der Waals surface area contributed by atoms with Crippen molar-refractivity contribution in [1.29, 1.82) is 0 Å². The number of aliphatic carboxylic acids is 1. The summed E-state index contributed by atoms with van der Waals surface area (Å²) in [5.74, 6) is -3.48. The van der Waals surface area contributed by atoms with E-state index in [0.29, 0.717) is 24.0 Å². The van der Waals surface area contributed by atoms with Crippen LogP contribution in [0.4, 0.5) is 13.2 Å². The number of carboxylic acid groups (broad SMARTS) is 1. The molecule has 2 atom stereocenters. The van der Waals surface area contributed by atoms with Crippen molar-refractivity contribution in [3.05, 3.63) is 59.2 Å². The summed E-state index contributed by atoms with van der Waals surface area (Å²) in [5, 5.41) is 9.92. The molecule has 2 aromatic carbocycles. The molecule has 3 rings (SSSR count). The molecule has 0 radical (unpaired) electrons. The lowest BCUT2D eigenvalue weighted by atomic mass is 9.79. The molecule has 1 heterocycles. The van der Waals surface area contributed by atoms with E-state index in [2.05, 4.69) is 0 Å². The summed E-state index contributed by atoms with van der Waals surface area (Å²) in [6.07, 6.45) is -2.88. The van der Waals surface area contributed by atoms with Crippen LogP contribution in [-0.2, 0) is 21.0 Å². The number of hydrogen-bond acceptors (Lipinski definition) is 3. The van der Waals surface area contributed by atoms with Gasteiger partial charge in [0.1, 0.15) is 0 Å². The second-order valence-electron chi connectivity index (χ2n) is 9.37. The van der Waals surface area contributed by atoms with E-state index in [0.717, 1.165) is 6.26 Å². The Hall–Kier alpha value is -2.39. The molecule has 186 valence electrons. The number of hydrogen-bond donors (Lipinski definition) is 1. The summed E-state index contributed by atoms with van der Waals surface area (Å²) in [4.78, 5) is 12.2. The second-order valence-corrected chi connectivity index (χ2v) is 11.4. The molecule has 1 saturated heterocycles. The second kappa shape index (κ2) is 10.1. The van der Waals surface area contributed by atoms with Crippen molar-refractivity contribution in [3.63, 3.8) is 0 Å². The lowest BCUT2D eigenvalue weighted by molar-refractivity contribution is -0.142. The number of carbonyl (C=O) groups is 1. The minimum atomic E-state index is -4.79. The van der Waals surface area contributed by atoms with Crippen LogP contribution in [0.1, 0.15) is 61.6 Å². The van der Waals surface area contributed by atoms with Gasteiger partial charge in [0.2, 0.25) is 10.0 Å². The lowest BCUT2D eigenvalue weighted by Crippen LogP contribution is -2.39. The smallest absolute Gasteiger partial charge is 0.416 e. The van der Waals surface area contributed by atoms with Crippen molar-refractivity contribution in [1.82, 2.24) is 4.31 Å². The maximum atomic E-state index is 14.6. The molecule has 0 spiro atoms. The van der Waals surface area contributed by atoms with Crippen LogP contribution in [0, 0.1) is 5.92 Å². The van der Waals surface area contributed by atoms with Gasteiger partial charge < -0.3 is 5.11 Å². The molecule has 34 heavy (non-hydrogen) atoms. The van der Waals surface area contributed by atoms with Gasteiger partial charge in [0.15, 0.2) is 0 Å². The third-order valence-corrected chi connectivity index (χ3v) is 7.53. The Morgan fingerprint density at radius 1 is 1.15 bits per heavy atom. The van der Waals surface area contributed by atoms with Gasteiger partial charge in [-0.15, -0.1) is 0 Å². The number of piperidine rings is 1. The molecule has 5 nitrogen and oxygen atoms in total. The van der Waals surface area contributed by atoms with Gasteiger partial charge in [0.05, 0.1) is 17.7 Å². The summed E-state index contributed by atoms with van der Waals surface area (Å²) >= 11 is 0. The maximum Gasteiger partial charge on any atom is 0.416 e. The molecular formula is C25H30F3NO4S. The molecule has 0 aliphatic carbocycles. The van der Waals surface area contributed by atoms with Gasteiger partial charge in [0.25, 0.3) is 0 Å². The monoisotopic (exact) mass is 497 g/mol. The zero-order valence-electron chi connectivity index (χ0n) is 19.5. The molecule has 0 amide bonds. The van der Waals surface area contributed by atoms with E-state index in [1.807, 2.05) is 0 Å². The van der Waals surface area contributed by atoms with E-state index in [1.165, 1.54) is 16.4 Å². The summed E-state index contributed by atoms with van der Waals surface area (Å²) < 4.78 is 69.2. The standard InChI is InChI=1S/C25H30F3NO4S/c1-16(2)12-22(24(30)31)21-14-19(17-8-5-4-6-9-17)13-20(23(21)25(26,27)28)18-10-7-11-29(15-18)34(3,32)33/h4-6,8-9,13-14,16,18,22H,7,10-12,15H2,1-3H3,(H,30,31). The van der Waals surface area contributed by atoms with Crippen LogP contribution in [0.3, 0.4) is 0 Å². The number of sulfonamides is 1. The quantitative estimate of drug-likeness (QED) is 0.531. The molecule has 1 N–H and O–H groups in total. The van der Waals surface area contributed by atoms with Crippen LogP contribution < -0.4 is 0 Å². The Balaban J connectivity index is 2.30. The third-order valence-electron chi connectivity index (χ3n) is 6.26. The molecule has 1 fully saturated rings. The van der Waals surface area contributed by atoms with Gasteiger partial charge in [-0.3, -0.25) is 4.79 Å². The highest BCUT2D eigenvalue weighted by atomic mass is 32.2. The Kier molecular flexibility index (Phi) is 7.77. The summed E-state index contributed by atoms with van der Waals surface area (Å²) in [6.45, 7) is 3.74. The summed E-state index contributed by atoms with van der Waals surface area (Å²) in [6, 6.07) is 11.7. The minimum absolute atomic E-state index is 0.0350. The molecule has 1 aliphatic heterocycles. The topological polar surface area (TPSA) is 74.7 Å². The fourth-order valence-electron chi connectivity index (χ4n) is 4.74. The molecule has 0 aromatic heterocycles. The Bertz CT molecular complexity index is 1130. The first kappa shape index (κ1) is 26.2. The summed E-state index contributed by atoms with van der Waals surface area (Å²) in [5.41, 5.74) is -0.0809. The number of halogens is 3. The fourth-order valence-corrected chi connectivity index (χ4v) is 5.65. The Labute approximate surface area is 198 Å². The van der Waals surface area contributed by atoms with E-state index >= 15 is 0 Å². The highest BCUT2D eigenvalue weighted by molar-refractivity contribution is 7.88. The number of rotatable bonds is 7. The Morgan fingerprint density at radius 2 is 1.79 bits per heavy atom. The first-order chi connectivity index (χ1) is 15.8. The van der Waals surface area contributed by atoms with Crippen molar-refractivity contribution in [2.24, 2.45) is 5.92 Å². The van der Waals surface area contributed by atoms with Crippen molar-refractivity contribution in [3.8, 4) is 11.1 Å². The van der Waals surface area contributed by atoms with Crippen molar-refractivity contribution < 1.29 is 31.5 Å². The van der Waals surface area contributed by atoms with Crippen LogP contribution in [0.25, 0.3) is 11.1 Å². The maximum absolute atomic E-state index is 14.6. The average Bonchev–Trinajstić information content (AvgIpc) is 2.75. The van der Waals surface area contributed by atoms with Crippen LogP contribution in [0.2, 0.25) is 0 Å². The zero-order chi connectivity index (χ0) is 25.3. The molecule has 1 aliphatic rings. The zero-order valence-corrected chi connectivity index (χ0v) is 20.3. The van der Waals surface area contributed by atoms with E-state index in [-0.39, 0.29) is 36.6 Å². The number of benzene rings is 2. The molecule has 2 unspecified atom stereocenters. The average molecular weight is 498 g/mol. The van der Waals surface area contributed by atoms with Crippen molar-refractivity contribution in [2.45, 2.75) is 51.1 Å². The third kappa shape index (κ3) is 5.99. The number of alkyl halides is 3. The van der Waals surface area contributed by atoms with Gasteiger partial charge in [-0.05, 0) is 59.4 Å². The van der Waals surface area contributed by atoms with Gasteiger partial charge >= 0.3 is 12.1 Å². The van der Waals surface area contributed by atoms with Crippen LogP contribution >= 0.6 is 0 Å². The molecule has 2 aromatic rings. The Morgan fingerprint density at radius 3 is 2.32 bits per heavy atom. The highest BCUT2D eigenvalue weighted by Gasteiger charge is 2.42. The molecule has 0 bridgehead atoms. The van der Waals surface area contributed by atoms with Crippen molar-refractivity contribution >= 4 is 16.0 Å². The van der Waals surface area contributed by atoms with E-state index in [1.54, 1.807) is 44.2 Å². The van der Waals surface area contributed by atoms with Crippen molar-refractivity contribution in [2.75, 3.05) is 19.3 Å². The number of nitrogens with zero attached hydrogens (tertiary/aromatic N) is 1. The SMILES string of the molecule is CC(C)CC(C(=O)O)c1cc(-c2ccccc2)cc(C2CCCN(S(C)(=O)=O)C2)c1C(F)(F)F. The first-order valence-corrected chi connectivity index (χ1v) is 13.1. The van der Waals surface area contributed by atoms with Crippen LogP contribution in [0.15, 0.2) is 42.5 Å². The predicted octanol–water partition coefficient (Wildman–Crippen LogP) is 5.73. The fraction of sp³-hybridized carbons (Fsp3) is 0.480. The lowest BCUT2D eigenvalue weighted by Gasteiger charge is -2.34. The summed E-state index contributed by atoms with van der Waals surface area (Å²) in [7, 11) is -3.58. The van der Waals surface area contributed by atoms with Crippen LogP contribution in [-0.4, -0.2) is 43.1 Å². The van der Waals surface area contributed by atoms with Gasteiger partial charge in [-0.25, -0.2) is 12.7 Å². The van der Waals surface area contributed by atoms with E-state index in [9.17, 15) is 31.5 Å². The first-order valence-electron chi connectivity index (χ1n) is 11.3. The van der Waals surface area contributed by atoms with E-state index in [4.69, 9.17) is 0 Å². The van der Waals surface area contributed by atoms with Gasteiger partial charge in [0, 0.05) is 13.1 Å². The normalized spacial score (nSPS) is 18.7. The van der Waals surface area contributed by atoms with Gasteiger partial charge in [-0.2, -0.15) is 13.2 Å². The molecule has 9 heteroatoms. The van der Waals surface area contributed by atoms with Crippen LogP contribution in [0.5, 0.6) is 0 Å². The largest absolute Gasteiger partial charge is 0.481 e. The minimum Gasteiger partial charge on any atom is -0.481 e. The predicted molar refractivity (Wildman–Crippen MR) is 125 cm³/mol. The highest BCUT2D eigenvalue weighted by Crippen LogP contribution is 2.45.